The molecule has 4 rings (SSSR count). The number of hydrogen-bond donors (Lipinski definition) is 4. The summed E-state index contributed by atoms with van der Waals surface area (Å²) in [4.78, 5) is 63.6. The van der Waals surface area contributed by atoms with E-state index < -0.39 is 17.2 Å². The Hall–Kier alpha value is -3.73. The second-order valence-electron chi connectivity index (χ2n) is 8.41. The summed E-state index contributed by atoms with van der Waals surface area (Å²) >= 11 is 0. The van der Waals surface area contributed by atoms with Gasteiger partial charge in [-0.15, -0.1) is 0 Å². The molecule has 11 nitrogen and oxygen atoms in total. The molecule has 1 saturated heterocycles. The molecule has 0 spiro atoms. The van der Waals surface area contributed by atoms with E-state index in [1.807, 2.05) is 0 Å². The molecule has 0 bridgehead atoms. The maximum Gasteiger partial charge on any atom is 0.328 e. The first-order valence-electron chi connectivity index (χ1n) is 11.3. The normalized spacial score (nSPS) is 17.2. The molecule has 2 aliphatic rings. The molecule has 180 valence electrons. The van der Waals surface area contributed by atoms with Gasteiger partial charge >= 0.3 is 5.69 Å². The van der Waals surface area contributed by atoms with Crippen molar-refractivity contribution in [2.75, 3.05) is 25.0 Å². The molecule has 2 aromatic rings. The van der Waals surface area contributed by atoms with Crippen LogP contribution < -0.4 is 27.2 Å². The summed E-state index contributed by atoms with van der Waals surface area (Å²) in [6.07, 6.45) is 4.31. The van der Waals surface area contributed by atoms with Gasteiger partial charge in [0.15, 0.2) is 0 Å². The zero-order valence-electron chi connectivity index (χ0n) is 18.6. The number of benzene rings is 1. The fraction of sp³-hybridized carbons (Fsp3) is 0.435. The van der Waals surface area contributed by atoms with E-state index in [1.165, 1.54) is 0 Å². The Labute approximate surface area is 194 Å². The van der Waals surface area contributed by atoms with Crippen LogP contribution in [0.5, 0.6) is 0 Å². The van der Waals surface area contributed by atoms with Crippen LogP contribution in [0.25, 0.3) is 0 Å². The molecule has 1 aliphatic heterocycles. The molecule has 34 heavy (non-hydrogen) atoms. The van der Waals surface area contributed by atoms with E-state index in [2.05, 4.69) is 20.9 Å². The molecule has 11 heteroatoms. The fourth-order valence-electron chi connectivity index (χ4n) is 3.68. The molecule has 1 saturated carbocycles. The van der Waals surface area contributed by atoms with Crippen molar-refractivity contribution >= 4 is 23.4 Å². The van der Waals surface area contributed by atoms with Crippen molar-refractivity contribution in [3.05, 3.63) is 62.4 Å². The highest BCUT2D eigenvalue weighted by molar-refractivity contribution is 5.97. The molecule has 1 aliphatic carbocycles. The van der Waals surface area contributed by atoms with E-state index in [4.69, 9.17) is 4.74 Å². The number of carbonyl (C=O) groups is 3. The first kappa shape index (κ1) is 23.4. The summed E-state index contributed by atoms with van der Waals surface area (Å²) in [6.45, 7) is 0.904. The van der Waals surface area contributed by atoms with E-state index in [1.54, 1.807) is 24.3 Å². The second-order valence-corrected chi connectivity index (χ2v) is 8.41. The first-order valence-corrected chi connectivity index (χ1v) is 11.3. The van der Waals surface area contributed by atoms with Crippen LogP contribution in [0.1, 0.15) is 46.4 Å². The minimum atomic E-state index is -0.686. The number of ether oxygens (including phenoxy) is 1. The second kappa shape index (κ2) is 10.5. The average Bonchev–Trinajstić information content (AvgIpc) is 3.56. The molecule has 4 N–H and O–H groups in total. The minimum absolute atomic E-state index is 0.00550. The Morgan fingerprint density at radius 2 is 1.71 bits per heavy atom. The average molecular weight is 469 g/mol. The van der Waals surface area contributed by atoms with E-state index in [0.29, 0.717) is 17.9 Å². The van der Waals surface area contributed by atoms with Gasteiger partial charge in [-0.25, -0.2) is 4.79 Å². The van der Waals surface area contributed by atoms with Crippen LogP contribution in [0.3, 0.4) is 0 Å². The third-order valence-corrected chi connectivity index (χ3v) is 5.77. The van der Waals surface area contributed by atoms with Crippen LogP contribution in [0.15, 0.2) is 40.1 Å². The van der Waals surface area contributed by atoms with Gasteiger partial charge in [-0.2, -0.15) is 0 Å². The summed E-state index contributed by atoms with van der Waals surface area (Å²) in [7, 11) is 0. The monoisotopic (exact) mass is 469 g/mol. The minimum Gasteiger partial charge on any atom is -0.376 e. The van der Waals surface area contributed by atoms with Gasteiger partial charge in [-0.05, 0) is 49.9 Å². The molecule has 2 heterocycles. The fourth-order valence-corrected chi connectivity index (χ4v) is 3.68. The smallest absolute Gasteiger partial charge is 0.328 e. The molecule has 1 aromatic carbocycles. The lowest BCUT2D eigenvalue weighted by Gasteiger charge is -2.12. The zero-order chi connectivity index (χ0) is 24.1. The molecule has 3 amide bonds. The number of nitrogens with zero attached hydrogens (tertiary/aromatic N) is 1. The summed E-state index contributed by atoms with van der Waals surface area (Å²) in [5, 5.41) is 8.05. The van der Waals surface area contributed by atoms with Crippen molar-refractivity contribution < 1.29 is 19.1 Å². The summed E-state index contributed by atoms with van der Waals surface area (Å²) in [5.74, 6) is -0.891. The highest BCUT2D eigenvalue weighted by atomic mass is 16.5. The van der Waals surface area contributed by atoms with Crippen LogP contribution in [0.4, 0.5) is 5.69 Å². The number of amides is 3. The van der Waals surface area contributed by atoms with E-state index in [0.717, 1.165) is 36.4 Å². The Morgan fingerprint density at radius 3 is 2.35 bits per heavy atom. The number of aromatic amines is 1. The third-order valence-electron chi connectivity index (χ3n) is 5.77. The topological polar surface area (TPSA) is 151 Å². The predicted octanol–water partition coefficient (Wildman–Crippen LogP) is 0.224. The number of aromatic nitrogens is 2. The Kier molecular flexibility index (Phi) is 7.21. The lowest BCUT2D eigenvalue weighted by molar-refractivity contribution is -0.117. The zero-order valence-corrected chi connectivity index (χ0v) is 18.6. The highest BCUT2D eigenvalue weighted by Crippen LogP contribution is 2.30. The largest absolute Gasteiger partial charge is 0.376 e. The number of hydrogen-bond acceptors (Lipinski definition) is 6. The number of anilines is 1. The number of H-pyrrole nitrogens is 1. The maximum atomic E-state index is 12.6. The predicted molar refractivity (Wildman–Crippen MR) is 123 cm³/mol. The SMILES string of the molecule is O=C(NCCNC(=O)c1c[nH]c(=O)n(CC2CCCO2)c1=O)c1ccc(NC(=O)C2CC2)cc1. The van der Waals surface area contributed by atoms with Gasteiger partial charge in [-0.3, -0.25) is 23.7 Å². The van der Waals surface area contributed by atoms with Crippen LogP contribution in [-0.4, -0.2) is 53.1 Å². The summed E-state index contributed by atoms with van der Waals surface area (Å²) in [6, 6.07) is 6.53. The Balaban J connectivity index is 1.25. The van der Waals surface area contributed by atoms with Crippen LogP contribution in [-0.2, 0) is 16.1 Å². The third kappa shape index (κ3) is 5.79. The lowest BCUT2D eigenvalue weighted by atomic mass is 10.2. The van der Waals surface area contributed by atoms with Gasteiger partial charge in [-0.1, -0.05) is 0 Å². The van der Waals surface area contributed by atoms with Crippen LogP contribution >= 0.6 is 0 Å². The first-order chi connectivity index (χ1) is 16.4. The number of carbonyl (C=O) groups excluding carboxylic acids is 3. The molecular formula is C23H27N5O6. The molecular weight excluding hydrogens is 442 g/mol. The molecule has 0 radical (unpaired) electrons. The maximum absolute atomic E-state index is 12.6. The Bertz CT molecular complexity index is 1180. The quantitative estimate of drug-likeness (QED) is 0.386. The molecule has 2 fully saturated rings. The van der Waals surface area contributed by atoms with E-state index in [9.17, 15) is 24.0 Å². The van der Waals surface area contributed by atoms with Crippen LogP contribution in [0.2, 0.25) is 0 Å². The summed E-state index contributed by atoms with van der Waals surface area (Å²) in [5.41, 5.74) is -0.426. The molecule has 1 aromatic heterocycles. The van der Waals surface area contributed by atoms with Gasteiger partial charge in [0.25, 0.3) is 17.4 Å². The number of nitrogens with one attached hydrogen (secondary N) is 4. The van der Waals surface area contributed by atoms with Gasteiger partial charge in [0.05, 0.1) is 12.6 Å². The van der Waals surface area contributed by atoms with Gasteiger partial charge in [0, 0.05) is 43.1 Å². The van der Waals surface area contributed by atoms with Crippen LogP contribution in [0, 0.1) is 5.92 Å². The molecule has 1 unspecified atom stereocenters. The van der Waals surface area contributed by atoms with Crippen molar-refractivity contribution in [3.63, 3.8) is 0 Å². The van der Waals surface area contributed by atoms with Gasteiger partial charge in [0.1, 0.15) is 5.56 Å². The lowest BCUT2D eigenvalue weighted by Crippen LogP contribution is -2.43. The van der Waals surface area contributed by atoms with Crippen molar-refractivity contribution in [1.82, 2.24) is 20.2 Å². The van der Waals surface area contributed by atoms with Crippen molar-refractivity contribution in [1.29, 1.82) is 0 Å². The highest BCUT2D eigenvalue weighted by Gasteiger charge is 2.29. The summed E-state index contributed by atoms with van der Waals surface area (Å²) < 4.78 is 6.44. The Morgan fingerprint density at radius 1 is 1.00 bits per heavy atom. The molecule has 1 atom stereocenters. The van der Waals surface area contributed by atoms with Crippen molar-refractivity contribution in [2.45, 2.75) is 38.3 Å². The van der Waals surface area contributed by atoms with Gasteiger partial charge in [0.2, 0.25) is 5.91 Å². The standard InChI is InChI=1S/C23H27N5O6/c29-19(14-5-7-16(8-6-14)27-20(30)15-3-4-15)24-9-10-25-21(31)18-12-26-23(33)28(22(18)32)13-17-2-1-11-34-17/h5-8,12,15,17H,1-4,9-11,13H2,(H,24,29)(H,25,31)(H,26,33)(H,27,30). The van der Waals surface area contributed by atoms with Crippen molar-refractivity contribution in [2.24, 2.45) is 5.92 Å². The van der Waals surface area contributed by atoms with Gasteiger partial charge < -0.3 is 25.7 Å². The van der Waals surface area contributed by atoms with E-state index >= 15 is 0 Å². The van der Waals surface area contributed by atoms with Crippen molar-refractivity contribution in [3.8, 4) is 0 Å². The van der Waals surface area contributed by atoms with E-state index in [-0.39, 0.29) is 49.0 Å². The number of rotatable bonds is 9.